The molecule has 0 spiro atoms. The summed E-state index contributed by atoms with van der Waals surface area (Å²) in [5.74, 6) is 0.853. The molecule has 0 aliphatic heterocycles. The average Bonchev–Trinajstić information content (AvgIpc) is 3.41. The molecule has 4 nitrogen and oxygen atoms in total. The summed E-state index contributed by atoms with van der Waals surface area (Å²) in [5.41, 5.74) is 5.38. The van der Waals surface area contributed by atoms with Crippen LogP contribution < -0.4 is 4.74 Å². The highest BCUT2D eigenvalue weighted by molar-refractivity contribution is 7.21. The molecule has 0 fully saturated rings. The van der Waals surface area contributed by atoms with Gasteiger partial charge in [0.1, 0.15) is 10.8 Å². The van der Waals surface area contributed by atoms with E-state index >= 15 is 0 Å². The summed E-state index contributed by atoms with van der Waals surface area (Å²) in [6, 6.07) is 24.7. The van der Waals surface area contributed by atoms with Gasteiger partial charge in [0.15, 0.2) is 0 Å². The Bertz CT molecular complexity index is 1240. The van der Waals surface area contributed by atoms with E-state index in [1.165, 1.54) is 0 Å². The molecule has 5 aromatic rings. The van der Waals surface area contributed by atoms with Gasteiger partial charge in [0.2, 0.25) is 0 Å². The molecule has 5 rings (SSSR count). The normalized spacial score (nSPS) is 11.0. The zero-order valence-electron chi connectivity index (χ0n) is 15.2. The molecule has 0 N–H and O–H groups in total. The molecular formula is C23H17N3OS. The molecule has 3 aromatic carbocycles. The fourth-order valence-corrected chi connectivity index (χ4v) is 4.24. The molecule has 0 aliphatic rings. The maximum absolute atomic E-state index is 5.31. The lowest BCUT2D eigenvalue weighted by Crippen LogP contribution is -1.94. The molecule has 2 heterocycles. The van der Waals surface area contributed by atoms with Crippen molar-refractivity contribution >= 4 is 21.6 Å². The molecule has 136 valence electrons. The van der Waals surface area contributed by atoms with Crippen molar-refractivity contribution in [2.75, 3.05) is 7.11 Å². The quantitative estimate of drug-likeness (QED) is 0.392. The van der Waals surface area contributed by atoms with Gasteiger partial charge in [-0.1, -0.05) is 30.3 Å². The van der Waals surface area contributed by atoms with Crippen LogP contribution in [0.4, 0.5) is 0 Å². The van der Waals surface area contributed by atoms with Crippen LogP contribution in [0.1, 0.15) is 0 Å². The van der Waals surface area contributed by atoms with Crippen molar-refractivity contribution in [2.24, 2.45) is 0 Å². The van der Waals surface area contributed by atoms with Crippen LogP contribution in [0.5, 0.6) is 5.75 Å². The smallest absolute Gasteiger partial charge is 0.124 e. The Kier molecular flexibility index (Phi) is 4.14. The van der Waals surface area contributed by atoms with Gasteiger partial charge in [0.05, 0.1) is 35.5 Å². The van der Waals surface area contributed by atoms with Crippen molar-refractivity contribution in [1.29, 1.82) is 0 Å². The van der Waals surface area contributed by atoms with Crippen molar-refractivity contribution in [3.05, 3.63) is 85.3 Å². The predicted octanol–water partition coefficient (Wildman–Crippen LogP) is 5.82. The van der Waals surface area contributed by atoms with Crippen LogP contribution in [0, 0.1) is 0 Å². The fourth-order valence-electron chi connectivity index (χ4n) is 3.24. The van der Waals surface area contributed by atoms with Gasteiger partial charge in [-0.25, -0.2) is 9.97 Å². The van der Waals surface area contributed by atoms with Gasteiger partial charge in [-0.05, 0) is 42.5 Å². The molecule has 0 unspecified atom stereocenters. The van der Waals surface area contributed by atoms with E-state index in [0.717, 1.165) is 43.5 Å². The van der Waals surface area contributed by atoms with E-state index in [1.807, 2.05) is 48.9 Å². The Hall–Kier alpha value is -3.44. The molecule has 0 aliphatic carbocycles. The number of methoxy groups -OCH3 is 1. The first-order chi connectivity index (χ1) is 13.8. The Morgan fingerprint density at radius 1 is 0.893 bits per heavy atom. The number of nitrogens with zero attached hydrogens (tertiary/aromatic N) is 3. The number of imidazole rings is 1. The largest absolute Gasteiger partial charge is 0.497 e. The lowest BCUT2D eigenvalue weighted by Gasteiger charge is -2.09. The molecule has 0 saturated heterocycles. The van der Waals surface area contributed by atoms with Crippen LogP contribution in [-0.2, 0) is 0 Å². The molecule has 2 aromatic heterocycles. The highest BCUT2D eigenvalue weighted by Crippen LogP contribution is 2.33. The van der Waals surface area contributed by atoms with E-state index in [9.17, 15) is 0 Å². The van der Waals surface area contributed by atoms with E-state index in [0.29, 0.717) is 0 Å². The Morgan fingerprint density at radius 2 is 1.71 bits per heavy atom. The maximum atomic E-state index is 5.31. The number of fused-ring (bicyclic) bond motifs is 1. The van der Waals surface area contributed by atoms with E-state index in [1.54, 1.807) is 18.4 Å². The number of rotatable bonds is 4. The summed E-state index contributed by atoms with van der Waals surface area (Å²) < 4.78 is 8.54. The van der Waals surface area contributed by atoms with Gasteiger partial charge in [0, 0.05) is 16.8 Å². The minimum Gasteiger partial charge on any atom is -0.497 e. The highest BCUT2D eigenvalue weighted by Gasteiger charge is 2.10. The van der Waals surface area contributed by atoms with Crippen LogP contribution in [0.2, 0.25) is 0 Å². The maximum Gasteiger partial charge on any atom is 0.124 e. The highest BCUT2D eigenvalue weighted by atomic mass is 32.1. The number of hydrogen-bond donors (Lipinski definition) is 0. The molecule has 0 radical (unpaired) electrons. The van der Waals surface area contributed by atoms with Crippen LogP contribution in [-0.4, -0.2) is 21.6 Å². The second-order valence-corrected chi connectivity index (χ2v) is 7.45. The molecular weight excluding hydrogens is 366 g/mol. The SMILES string of the molecule is COc1ccc2nc(-c3ccc(-n4cncc4-c4ccccc4)cc3)sc2c1. The predicted molar refractivity (Wildman–Crippen MR) is 114 cm³/mol. The first kappa shape index (κ1) is 16.7. The van der Waals surface area contributed by atoms with Crippen molar-refractivity contribution in [3.8, 4) is 33.3 Å². The molecule has 0 atom stereocenters. The molecule has 0 bridgehead atoms. The zero-order valence-corrected chi connectivity index (χ0v) is 16.1. The van der Waals surface area contributed by atoms with Gasteiger partial charge in [0.25, 0.3) is 0 Å². The number of benzene rings is 3. The summed E-state index contributed by atoms with van der Waals surface area (Å²) in [7, 11) is 1.68. The number of hydrogen-bond acceptors (Lipinski definition) is 4. The Balaban J connectivity index is 1.50. The third kappa shape index (κ3) is 2.96. The summed E-state index contributed by atoms with van der Waals surface area (Å²) in [6.07, 6.45) is 3.74. The standard InChI is InChI=1S/C23H17N3OS/c1-27-19-11-12-20-22(13-19)28-23(25-20)17-7-9-18(10-8-17)26-15-24-14-21(26)16-5-3-2-4-6-16/h2-15H,1H3. The Morgan fingerprint density at radius 3 is 2.50 bits per heavy atom. The van der Waals surface area contributed by atoms with Crippen LogP contribution >= 0.6 is 11.3 Å². The summed E-state index contributed by atoms with van der Waals surface area (Å²) in [4.78, 5) is 9.10. The van der Waals surface area contributed by atoms with Crippen LogP contribution in [0.25, 0.3) is 37.7 Å². The van der Waals surface area contributed by atoms with Crippen molar-refractivity contribution in [2.45, 2.75) is 0 Å². The summed E-state index contributed by atoms with van der Waals surface area (Å²) in [5, 5.41) is 1.00. The average molecular weight is 383 g/mol. The molecule has 0 saturated carbocycles. The number of ether oxygens (including phenoxy) is 1. The van der Waals surface area contributed by atoms with E-state index in [4.69, 9.17) is 9.72 Å². The minimum absolute atomic E-state index is 0.853. The van der Waals surface area contributed by atoms with Crippen molar-refractivity contribution in [1.82, 2.24) is 14.5 Å². The first-order valence-corrected chi connectivity index (χ1v) is 9.76. The van der Waals surface area contributed by atoms with Gasteiger partial charge in [-0.3, -0.25) is 4.57 Å². The van der Waals surface area contributed by atoms with E-state index < -0.39 is 0 Å². The topological polar surface area (TPSA) is 39.9 Å². The summed E-state index contributed by atoms with van der Waals surface area (Å²) in [6.45, 7) is 0. The second kappa shape index (κ2) is 6.94. The van der Waals surface area contributed by atoms with Gasteiger partial charge in [-0.15, -0.1) is 11.3 Å². The van der Waals surface area contributed by atoms with Gasteiger partial charge < -0.3 is 4.74 Å². The van der Waals surface area contributed by atoms with E-state index in [-0.39, 0.29) is 0 Å². The first-order valence-electron chi connectivity index (χ1n) is 8.95. The molecule has 28 heavy (non-hydrogen) atoms. The van der Waals surface area contributed by atoms with Crippen LogP contribution in [0.3, 0.4) is 0 Å². The zero-order chi connectivity index (χ0) is 18.9. The lowest BCUT2D eigenvalue weighted by atomic mass is 10.1. The van der Waals surface area contributed by atoms with Gasteiger partial charge >= 0.3 is 0 Å². The minimum atomic E-state index is 0.853. The monoisotopic (exact) mass is 383 g/mol. The number of aromatic nitrogens is 3. The fraction of sp³-hybridized carbons (Fsp3) is 0.0435. The lowest BCUT2D eigenvalue weighted by molar-refractivity contribution is 0.415. The Labute approximate surface area is 166 Å². The second-order valence-electron chi connectivity index (χ2n) is 6.41. The third-order valence-corrected chi connectivity index (χ3v) is 5.76. The number of thiazole rings is 1. The van der Waals surface area contributed by atoms with Crippen molar-refractivity contribution in [3.63, 3.8) is 0 Å². The van der Waals surface area contributed by atoms with Crippen LogP contribution in [0.15, 0.2) is 85.3 Å². The molecule has 0 amide bonds. The third-order valence-electron chi connectivity index (χ3n) is 4.70. The van der Waals surface area contributed by atoms with Crippen molar-refractivity contribution < 1.29 is 4.74 Å². The van der Waals surface area contributed by atoms with Gasteiger partial charge in [-0.2, -0.15) is 0 Å². The summed E-state index contributed by atoms with van der Waals surface area (Å²) >= 11 is 1.67. The van der Waals surface area contributed by atoms with E-state index in [2.05, 4.69) is 45.9 Å². The molecule has 5 heteroatoms.